The Balaban J connectivity index is 2.31. The Morgan fingerprint density at radius 2 is 2.10 bits per heavy atom. The van der Waals surface area contributed by atoms with Gasteiger partial charge in [0, 0.05) is 27.0 Å². The van der Waals surface area contributed by atoms with Gasteiger partial charge in [-0.15, -0.1) is 6.42 Å². The minimum Gasteiger partial charge on any atom is -0.398 e. The first kappa shape index (κ1) is 14.2. The topological polar surface area (TPSA) is 55.1 Å². The van der Waals surface area contributed by atoms with E-state index in [9.17, 15) is 4.79 Å². The standard InChI is InChI=1S/C16H13BrN2O/c1-3-11-5-4-6-13(7-11)19-16(20)14-8-12(17)9-15(18)10(14)2/h1,4-9H,18H2,2H3,(H,19,20). The van der Waals surface area contributed by atoms with Gasteiger partial charge in [0.25, 0.3) is 5.91 Å². The van der Waals surface area contributed by atoms with E-state index in [4.69, 9.17) is 12.2 Å². The number of hydrogen-bond acceptors (Lipinski definition) is 2. The Labute approximate surface area is 126 Å². The lowest BCUT2D eigenvalue weighted by atomic mass is 10.1. The molecule has 2 rings (SSSR count). The number of amides is 1. The number of anilines is 2. The van der Waals surface area contributed by atoms with Crippen LogP contribution in [0.4, 0.5) is 11.4 Å². The predicted octanol–water partition coefficient (Wildman–Crippen LogP) is 3.57. The van der Waals surface area contributed by atoms with Gasteiger partial charge in [-0.1, -0.05) is 27.9 Å². The van der Waals surface area contributed by atoms with Crippen LogP contribution in [-0.2, 0) is 0 Å². The molecule has 1 amide bonds. The van der Waals surface area contributed by atoms with Crippen molar-refractivity contribution in [3.8, 4) is 12.3 Å². The maximum absolute atomic E-state index is 12.3. The Morgan fingerprint density at radius 1 is 1.35 bits per heavy atom. The van der Waals surface area contributed by atoms with Gasteiger partial charge in [-0.2, -0.15) is 0 Å². The van der Waals surface area contributed by atoms with Gasteiger partial charge in [0.15, 0.2) is 0 Å². The van der Waals surface area contributed by atoms with Gasteiger partial charge >= 0.3 is 0 Å². The second-order valence-corrected chi connectivity index (χ2v) is 5.26. The van der Waals surface area contributed by atoms with Crippen LogP contribution in [-0.4, -0.2) is 5.91 Å². The first-order valence-electron chi connectivity index (χ1n) is 5.95. The van der Waals surface area contributed by atoms with Crippen LogP contribution >= 0.6 is 15.9 Å². The molecule has 4 heteroatoms. The lowest BCUT2D eigenvalue weighted by Gasteiger charge is -2.10. The highest BCUT2D eigenvalue weighted by Crippen LogP contribution is 2.23. The highest BCUT2D eigenvalue weighted by Gasteiger charge is 2.12. The minimum absolute atomic E-state index is 0.218. The van der Waals surface area contributed by atoms with Crippen molar-refractivity contribution in [3.05, 3.63) is 57.6 Å². The smallest absolute Gasteiger partial charge is 0.256 e. The zero-order chi connectivity index (χ0) is 14.7. The van der Waals surface area contributed by atoms with E-state index in [1.807, 2.05) is 6.92 Å². The van der Waals surface area contributed by atoms with Crippen LogP contribution in [0.2, 0.25) is 0 Å². The molecular formula is C16H13BrN2O. The zero-order valence-corrected chi connectivity index (χ0v) is 12.5. The maximum Gasteiger partial charge on any atom is 0.256 e. The lowest BCUT2D eigenvalue weighted by molar-refractivity contribution is 0.102. The Kier molecular flexibility index (Phi) is 4.11. The van der Waals surface area contributed by atoms with Crippen molar-refractivity contribution in [2.45, 2.75) is 6.92 Å². The van der Waals surface area contributed by atoms with Crippen molar-refractivity contribution in [3.63, 3.8) is 0 Å². The summed E-state index contributed by atoms with van der Waals surface area (Å²) in [5, 5.41) is 2.82. The van der Waals surface area contributed by atoms with Crippen molar-refractivity contribution in [2.75, 3.05) is 11.1 Å². The molecule has 2 aromatic rings. The molecule has 0 bridgehead atoms. The molecule has 3 nitrogen and oxygen atoms in total. The van der Waals surface area contributed by atoms with Gasteiger partial charge in [-0.3, -0.25) is 4.79 Å². The number of benzene rings is 2. The van der Waals surface area contributed by atoms with E-state index >= 15 is 0 Å². The average Bonchev–Trinajstić information content (AvgIpc) is 2.43. The fraction of sp³-hybridized carbons (Fsp3) is 0.0625. The number of terminal acetylenes is 1. The van der Waals surface area contributed by atoms with Crippen molar-refractivity contribution < 1.29 is 4.79 Å². The highest BCUT2D eigenvalue weighted by atomic mass is 79.9. The van der Waals surface area contributed by atoms with E-state index in [1.54, 1.807) is 36.4 Å². The van der Waals surface area contributed by atoms with Gasteiger partial charge in [0.05, 0.1) is 0 Å². The fourth-order valence-electron chi connectivity index (χ4n) is 1.82. The van der Waals surface area contributed by atoms with Crippen molar-refractivity contribution in [1.29, 1.82) is 0 Å². The second-order valence-electron chi connectivity index (χ2n) is 4.35. The molecule has 0 spiro atoms. The SMILES string of the molecule is C#Cc1cccc(NC(=O)c2cc(Br)cc(N)c2C)c1. The molecule has 0 aliphatic heterocycles. The molecule has 0 fully saturated rings. The molecule has 0 aromatic heterocycles. The monoisotopic (exact) mass is 328 g/mol. The van der Waals surface area contributed by atoms with Crippen LogP contribution in [0.15, 0.2) is 40.9 Å². The van der Waals surface area contributed by atoms with Crippen molar-refractivity contribution >= 4 is 33.2 Å². The van der Waals surface area contributed by atoms with Gasteiger partial charge in [-0.25, -0.2) is 0 Å². The van der Waals surface area contributed by atoms with Crippen LogP contribution in [0.5, 0.6) is 0 Å². The van der Waals surface area contributed by atoms with E-state index < -0.39 is 0 Å². The molecule has 20 heavy (non-hydrogen) atoms. The predicted molar refractivity (Wildman–Crippen MR) is 85.6 cm³/mol. The summed E-state index contributed by atoms with van der Waals surface area (Å²) >= 11 is 3.34. The van der Waals surface area contributed by atoms with E-state index in [0.29, 0.717) is 22.5 Å². The summed E-state index contributed by atoms with van der Waals surface area (Å²) in [7, 11) is 0. The Bertz CT molecular complexity index is 717. The lowest BCUT2D eigenvalue weighted by Crippen LogP contribution is -2.14. The molecule has 0 aliphatic rings. The molecule has 0 atom stereocenters. The van der Waals surface area contributed by atoms with Gasteiger partial charge in [-0.05, 0) is 42.8 Å². The summed E-state index contributed by atoms with van der Waals surface area (Å²) < 4.78 is 0.767. The highest BCUT2D eigenvalue weighted by molar-refractivity contribution is 9.10. The third-order valence-electron chi connectivity index (χ3n) is 2.94. The summed E-state index contributed by atoms with van der Waals surface area (Å²) in [6.45, 7) is 1.81. The molecule has 3 N–H and O–H groups in total. The van der Waals surface area contributed by atoms with E-state index in [0.717, 1.165) is 10.0 Å². The molecule has 0 saturated carbocycles. The van der Waals surface area contributed by atoms with Crippen LogP contribution in [0.1, 0.15) is 21.5 Å². The van der Waals surface area contributed by atoms with Gasteiger partial charge < -0.3 is 11.1 Å². The first-order chi connectivity index (χ1) is 9.51. The van der Waals surface area contributed by atoms with Crippen LogP contribution in [0.3, 0.4) is 0 Å². The van der Waals surface area contributed by atoms with Crippen molar-refractivity contribution in [1.82, 2.24) is 0 Å². The van der Waals surface area contributed by atoms with Crippen molar-refractivity contribution in [2.24, 2.45) is 0 Å². The largest absolute Gasteiger partial charge is 0.398 e. The normalized spacial score (nSPS) is 9.85. The fourth-order valence-corrected chi connectivity index (χ4v) is 2.30. The number of rotatable bonds is 2. The molecule has 0 saturated heterocycles. The molecule has 0 heterocycles. The number of carbonyl (C=O) groups is 1. The molecule has 0 unspecified atom stereocenters. The Morgan fingerprint density at radius 3 is 2.80 bits per heavy atom. The van der Waals surface area contributed by atoms with E-state index in [-0.39, 0.29) is 5.91 Å². The van der Waals surface area contributed by atoms with Crippen LogP contribution < -0.4 is 11.1 Å². The molecule has 2 aromatic carbocycles. The van der Waals surface area contributed by atoms with Gasteiger partial charge in [0.1, 0.15) is 0 Å². The quantitative estimate of drug-likeness (QED) is 0.654. The molecular weight excluding hydrogens is 316 g/mol. The number of carbonyl (C=O) groups excluding carboxylic acids is 1. The summed E-state index contributed by atoms with van der Waals surface area (Å²) in [5.74, 6) is 2.31. The summed E-state index contributed by atoms with van der Waals surface area (Å²) in [6, 6.07) is 10.6. The number of nitrogen functional groups attached to an aromatic ring is 1. The van der Waals surface area contributed by atoms with Gasteiger partial charge in [0.2, 0.25) is 0 Å². The summed E-state index contributed by atoms with van der Waals surface area (Å²) in [5.41, 5.74) is 9.08. The molecule has 0 aliphatic carbocycles. The summed E-state index contributed by atoms with van der Waals surface area (Å²) in [6.07, 6.45) is 5.34. The summed E-state index contributed by atoms with van der Waals surface area (Å²) in [4.78, 5) is 12.3. The molecule has 0 radical (unpaired) electrons. The molecule has 100 valence electrons. The maximum atomic E-state index is 12.3. The average molecular weight is 329 g/mol. The minimum atomic E-state index is -0.218. The number of hydrogen-bond donors (Lipinski definition) is 2. The number of nitrogens with two attached hydrogens (primary N) is 1. The van der Waals surface area contributed by atoms with E-state index in [1.165, 1.54) is 0 Å². The van der Waals surface area contributed by atoms with E-state index in [2.05, 4.69) is 27.2 Å². The number of nitrogens with one attached hydrogen (secondary N) is 1. The Hall–Kier alpha value is -2.25. The zero-order valence-electron chi connectivity index (χ0n) is 10.9. The van der Waals surface area contributed by atoms with Crippen LogP contribution in [0, 0.1) is 19.3 Å². The first-order valence-corrected chi connectivity index (χ1v) is 6.74. The number of halogens is 1. The third kappa shape index (κ3) is 3.01. The second kappa shape index (κ2) is 5.81. The third-order valence-corrected chi connectivity index (χ3v) is 3.40. The van der Waals surface area contributed by atoms with Crippen LogP contribution in [0.25, 0.3) is 0 Å².